The molecule has 0 bridgehead atoms. The first kappa shape index (κ1) is 45.8. The average molecular weight is 923 g/mol. The highest BCUT2D eigenvalue weighted by atomic mass is 35.5. The molecule has 3 amide bonds. The normalized spacial score (nSPS) is 18.6. The second kappa shape index (κ2) is 20.2. The van der Waals surface area contributed by atoms with Gasteiger partial charge in [-0.15, -0.1) is 0 Å². The van der Waals surface area contributed by atoms with E-state index in [2.05, 4.69) is 46.7 Å². The van der Waals surface area contributed by atoms with Gasteiger partial charge in [0.25, 0.3) is 5.91 Å². The summed E-state index contributed by atoms with van der Waals surface area (Å²) in [7, 11) is -0.965. The monoisotopic (exact) mass is 922 g/mol. The minimum atomic E-state index is -2.59. The number of ether oxygens (including phenoxy) is 2. The van der Waals surface area contributed by atoms with Gasteiger partial charge in [0.1, 0.15) is 29.7 Å². The van der Waals surface area contributed by atoms with Crippen LogP contribution >= 0.6 is 18.7 Å². The lowest BCUT2D eigenvalue weighted by molar-refractivity contribution is -0.136. The first-order valence-electron chi connectivity index (χ1n) is 22.3. The second-order valence-corrected chi connectivity index (χ2v) is 20.9. The largest absolute Gasteiger partial charge is 0.494 e. The maximum absolute atomic E-state index is 13.2. The summed E-state index contributed by atoms with van der Waals surface area (Å²) < 4.78 is 25.0. The summed E-state index contributed by atoms with van der Waals surface area (Å²) in [5, 5.41) is 19.7. The van der Waals surface area contributed by atoms with Gasteiger partial charge in [-0.2, -0.15) is 10.2 Å². The Morgan fingerprint density at radius 2 is 1.72 bits per heavy atom. The minimum absolute atomic E-state index is 0.197. The number of nitriles is 1. The number of halogens is 1. The fraction of sp³-hybridized carbons (Fsp3) is 0.447. The molecule has 3 aromatic carbocycles. The number of carbonyl (C=O) groups excluding carboxylic acids is 3. The third-order valence-corrected chi connectivity index (χ3v) is 14.6. The van der Waals surface area contributed by atoms with Crippen LogP contribution in [0.4, 0.5) is 28.8 Å². The molecule has 0 radical (unpaired) electrons. The van der Waals surface area contributed by atoms with Gasteiger partial charge < -0.3 is 39.4 Å². The minimum Gasteiger partial charge on any atom is -0.494 e. The number of benzene rings is 3. The molecule has 0 saturated carbocycles. The number of carbonyl (C=O) groups is 3. The van der Waals surface area contributed by atoms with Gasteiger partial charge in [0, 0.05) is 79.9 Å². The number of piperidine rings is 2. The van der Waals surface area contributed by atoms with Crippen LogP contribution in [0.1, 0.15) is 60.0 Å². The van der Waals surface area contributed by atoms with E-state index in [4.69, 9.17) is 21.1 Å². The molecule has 4 aliphatic rings. The number of hydrogen-bond acceptors (Lipinski definition) is 14. The molecule has 3 fully saturated rings. The molecule has 1 unspecified atom stereocenters. The van der Waals surface area contributed by atoms with Crippen molar-refractivity contribution in [2.45, 2.75) is 63.6 Å². The Hall–Kier alpha value is -5.72. The van der Waals surface area contributed by atoms with Crippen LogP contribution in [-0.2, 0) is 27.1 Å². The molecule has 1 aromatic heterocycles. The van der Waals surface area contributed by atoms with Crippen LogP contribution in [0.5, 0.6) is 11.5 Å². The lowest BCUT2D eigenvalue weighted by atomic mass is 9.99. The standard InChI is InChI=1S/C47H56ClN10O6P/c1-63-41-28-39(31(15-18-49)27-37(41)52-47-50-29-35(48)44(54-47)51-36-10-4-5-12-42(36)65(2,3)62)57-20-16-32(17-21-57)56-24-22-55(23-25-56)19-6-7-26-64-40-11-8-9-33-34(40)30-58(46(33)61)38-13-14-43(59)53-45(38)60/h4-5,8-12,27-29,32,38H,6-7,13-17,19-26,30H2,1-3H3,(H,53,59,60)(H2,50,51,52,54). The maximum Gasteiger partial charge on any atom is 0.255 e. The van der Waals surface area contributed by atoms with E-state index in [0.717, 1.165) is 88.3 Å². The molecule has 1 atom stereocenters. The summed E-state index contributed by atoms with van der Waals surface area (Å²) in [6, 6.07) is 19.0. The van der Waals surface area contributed by atoms with Gasteiger partial charge in [0.05, 0.1) is 50.3 Å². The molecule has 342 valence electrons. The van der Waals surface area contributed by atoms with Gasteiger partial charge in [0.2, 0.25) is 17.8 Å². The van der Waals surface area contributed by atoms with Crippen molar-refractivity contribution >= 4 is 70.6 Å². The SMILES string of the molecule is COc1cc(N2CCC(N3CCN(CCCCOc4cccc5c4CN(C4CCC(=O)NC4=O)C5=O)CC3)CC2)c(CC#N)cc1Nc1ncc(Cl)c(Nc2ccccc2P(C)(C)=O)n1. The summed E-state index contributed by atoms with van der Waals surface area (Å²) >= 11 is 6.52. The number of hydrogen-bond donors (Lipinski definition) is 3. The van der Waals surface area contributed by atoms with Gasteiger partial charge in [-0.3, -0.25) is 24.6 Å². The van der Waals surface area contributed by atoms with Crippen molar-refractivity contribution < 1.29 is 28.4 Å². The van der Waals surface area contributed by atoms with Crippen molar-refractivity contribution in [3.8, 4) is 17.6 Å². The smallest absolute Gasteiger partial charge is 0.255 e. The summed E-state index contributed by atoms with van der Waals surface area (Å²) in [5.41, 5.74) is 4.51. The molecule has 0 aliphatic carbocycles. The number of imide groups is 1. The zero-order valence-corrected chi connectivity index (χ0v) is 38.8. The lowest BCUT2D eigenvalue weighted by Gasteiger charge is -2.43. The lowest BCUT2D eigenvalue weighted by Crippen LogP contribution is -2.53. The van der Waals surface area contributed by atoms with Crippen molar-refractivity contribution in [1.29, 1.82) is 5.26 Å². The summed E-state index contributed by atoms with van der Waals surface area (Å²) in [4.78, 5) is 55.4. The highest BCUT2D eigenvalue weighted by molar-refractivity contribution is 7.70. The molecule has 16 nitrogen and oxygen atoms in total. The Labute approximate surface area is 385 Å². The molecule has 8 rings (SSSR count). The maximum atomic E-state index is 13.2. The third kappa shape index (κ3) is 10.5. The summed E-state index contributed by atoms with van der Waals surface area (Å²) in [6.07, 6.45) is 6.21. The predicted octanol–water partition coefficient (Wildman–Crippen LogP) is 6.15. The molecule has 4 aliphatic heterocycles. The number of unbranched alkanes of at least 4 members (excludes halogenated alkanes) is 1. The number of methoxy groups -OCH3 is 1. The van der Waals surface area contributed by atoms with Gasteiger partial charge in [-0.05, 0) is 87.9 Å². The van der Waals surface area contributed by atoms with E-state index in [-0.39, 0.29) is 30.6 Å². The predicted molar refractivity (Wildman–Crippen MR) is 252 cm³/mol. The van der Waals surface area contributed by atoms with Crippen LogP contribution in [0.15, 0.2) is 60.8 Å². The zero-order valence-electron chi connectivity index (χ0n) is 37.1. The molecular formula is C47H56ClN10O6P. The third-order valence-electron chi connectivity index (χ3n) is 12.8. The molecule has 3 N–H and O–H groups in total. The quantitative estimate of drug-likeness (QED) is 0.0661. The van der Waals surface area contributed by atoms with Crippen molar-refractivity contribution in [3.63, 3.8) is 0 Å². The second-order valence-electron chi connectivity index (χ2n) is 17.4. The van der Waals surface area contributed by atoms with E-state index in [0.29, 0.717) is 70.2 Å². The Balaban J connectivity index is 0.801. The van der Waals surface area contributed by atoms with Gasteiger partial charge >= 0.3 is 0 Å². The van der Waals surface area contributed by atoms with Crippen molar-refractivity contribution in [3.05, 3.63) is 82.5 Å². The number of piperazine rings is 1. The molecule has 4 aromatic rings. The van der Waals surface area contributed by atoms with Crippen LogP contribution in [0.2, 0.25) is 5.02 Å². The average Bonchev–Trinajstić information content (AvgIpc) is 3.63. The number of fused-ring (bicyclic) bond motifs is 1. The fourth-order valence-corrected chi connectivity index (χ4v) is 10.6. The fourth-order valence-electron chi connectivity index (χ4n) is 9.35. The van der Waals surface area contributed by atoms with Gasteiger partial charge in [-0.25, -0.2) is 4.98 Å². The van der Waals surface area contributed by atoms with E-state index >= 15 is 0 Å². The Kier molecular flexibility index (Phi) is 14.2. The van der Waals surface area contributed by atoms with E-state index in [9.17, 15) is 24.2 Å². The van der Waals surface area contributed by atoms with Crippen LogP contribution in [0, 0.1) is 11.3 Å². The Morgan fingerprint density at radius 3 is 2.46 bits per heavy atom. The number of anilines is 5. The number of para-hydroxylation sites is 1. The first-order valence-corrected chi connectivity index (χ1v) is 25.3. The van der Waals surface area contributed by atoms with Gasteiger partial charge in [-0.1, -0.05) is 29.8 Å². The van der Waals surface area contributed by atoms with Crippen molar-refractivity contribution in [2.75, 3.05) is 88.4 Å². The molecule has 3 saturated heterocycles. The molecule has 18 heteroatoms. The number of rotatable bonds is 16. The highest BCUT2D eigenvalue weighted by Gasteiger charge is 2.40. The van der Waals surface area contributed by atoms with E-state index in [1.54, 1.807) is 31.4 Å². The molecular weight excluding hydrogens is 867 g/mol. The van der Waals surface area contributed by atoms with Crippen molar-refractivity contribution in [1.82, 2.24) is 30.0 Å². The van der Waals surface area contributed by atoms with E-state index in [1.807, 2.05) is 48.5 Å². The number of amides is 3. The van der Waals surface area contributed by atoms with Crippen LogP contribution in [0.3, 0.4) is 0 Å². The summed E-state index contributed by atoms with van der Waals surface area (Å²) in [5.74, 6) is 1.01. The van der Waals surface area contributed by atoms with Gasteiger partial charge in [0.15, 0.2) is 5.82 Å². The number of nitrogens with one attached hydrogen (secondary N) is 3. The van der Waals surface area contributed by atoms with E-state index < -0.39 is 19.1 Å². The van der Waals surface area contributed by atoms with Crippen LogP contribution < -0.4 is 35.6 Å². The molecule has 5 heterocycles. The van der Waals surface area contributed by atoms with Crippen LogP contribution in [0.25, 0.3) is 0 Å². The number of nitrogens with zero attached hydrogens (tertiary/aromatic N) is 7. The Bertz CT molecular complexity index is 2520. The van der Waals surface area contributed by atoms with Crippen molar-refractivity contribution in [2.24, 2.45) is 0 Å². The molecule has 65 heavy (non-hydrogen) atoms. The zero-order chi connectivity index (χ0) is 45.7. The molecule has 0 spiro atoms. The number of aromatic nitrogens is 2. The summed E-state index contributed by atoms with van der Waals surface area (Å²) in [6.45, 7) is 11.1. The topological polar surface area (TPSA) is 185 Å². The highest BCUT2D eigenvalue weighted by Crippen LogP contribution is 2.40. The first-order chi connectivity index (χ1) is 31.4. The van der Waals surface area contributed by atoms with Crippen LogP contribution in [-0.4, -0.2) is 127 Å². The Morgan fingerprint density at radius 1 is 0.938 bits per heavy atom. The van der Waals surface area contributed by atoms with E-state index in [1.165, 1.54) is 6.20 Å².